The van der Waals surface area contributed by atoms with Crippen LogP contribution in [0.1, 0.15) is 31.2 Å². The molecule has 0 unspecified atom stereocenters. The van der Waals surface area contributed by atoms with Crippen LogP contribution in [0.15, 0.2) is 36.4 Å². The number of likely N-dealkylation sites (tertiary alicyclic amines) is 1. The van der Waals surface area contributed by atoms with Gasteiger partial charge < -0.3 is 15.5 Å². The van der Waals surface area contributed by atoms with Gasteiger partial charge in [-0.3, -0.25) is 4.68 Å². The number of aromatic nitrogens is 2. The summed E-state index contributed by atoms with van der Waals surface area (Å²) in [7, 11) is 0. The van der Waals surface area contributed by atoms with Crippen LogP contribution in [0, 0.1) is 13.8 Å². The Kier molecular flexibility index (Phi) is 5.93. The molecule has 1 atom stereocenters. The van der Waals surface area contributed by atoms with Gasteiger partial charge in [0.1, 0.15) is 0 Å². The highest BCUT2D eigenvalue weighted by Crippen LogP contribution is 2.14. The van der Waals surface area contributed by atoms with E-state index >= 15 is 0 Å². The van der Waals surface area contributed by atoms with Gasteiger partial charge in [-0.05, 0) is 51.8 Å². The molecule has 3 rings (SSSR count). The molecule has 1 aromatic carbocycles. The van der Waals surface area contributed by atoms with E-state index < -0.39 is 0 Å². The number of amides is 2. The van der Waals surface area contributed by atoms with Crippen molar-refractivity contribution in [3.8, 4) is 0 Å². The number of urea groups is 1. The number of carbonyl (C=O) groups is 1. The van der Waals surface area contributed by atoms with Crippen molar-refractivity contribution in [2.75, 3.05) is 18.4 Å². The maximum absolute atomic E-state index is 12.4. The monoisotopic (exact) mass is 355 g/mol. The largest absolute Gasteiger partial charge is 0.324 e. The van der Waals surface area contributed by atoms with E-state index in [1.54, 1.807) is 0 Å². The van der Waals surface area contributed by atoms with Gasteiger partial charge >= 0.3 is 6.03 Å². The molecule has 6 heteroatoms. The second-order valence-electron chi connectivity index (χ2n) is 7.23. The molecule has 0 bridgehead atoms. The minimum atomic E-state index is -0.00894. The molecule has 2 aromatic rings. The van der Waals surface area contributed by atoms with E-state index in [9.17, 15) is 4.79 Å². The molecule has 1 aliphatic heterocycles. The number of piperidine rings is 1. The van der Waals surface area contributed by atoms with E-state index in [1.165, 1.54) is 5.69 Å². The number of nitrogens with one attached hydrogen (secondary N) is 2. The van der Waals surface area contributed by atoms with Gasteiger partial charge in [-0.15, -0.1) is 0 Å². The van der Waals surface area contributed by atoms with Crippen molar-refractivity contribution in [3.63, 3.8) is 0 Å². The molecule has 1 aromatic heterocycles. The summed E-state index contributed by atoms with van der Waals surface area (Å²) in [5, 5.41) is 11.2. The summed E-state index contributed by atoms with van der Waals surface area (Å²) in [6.07, 6.45) is 1.95. The minimum absolute atomic E-state index is 0.00894. The van der Waals surface area contributed by atoms with Gasteiger partial charge in [0, 0.05) is 36.6 Å². The highest BCUT2D eigenvalue weighted by Gasteiger charge is 2.23. The average molecular weight is 355 g/mol. The lowest BCUT2D eigenvalue weighted by Crippen LogP contribution is -2.49. The standard InChI is InChI=1S/C20H29N5O/c1-15-13-17(3)25(23-15)14-16(2)21-19-9-11-24(12-10-19)20(26)22-18-7-5-4-6-8-18/h4-8,13,16,19,21H,9-12,14H2,1-3H3,(H,22,26)/t16-/m0/s1. The third-order valence-corrected chi connectivity index (χ3v) is 4.88. The van der Waals surface area contributed by atoms with Crippen LogP contribution in [0.5, 0.6) is 0 Å². The van der Waals surface area contributed by atoms with Crippen molar-refractivity contribution < 1.29 is 4.79 Å². The molecule has 26 heavy (non-hydrogen) atoms. The Labute approximate surface area is 155 Å². The van der Waals surface area contributed by atoms with Gasteiger partial charge in [0.2, 0.25) is 0 Å². The summed E-state index contributed by atoms with van der Waals surface area (Å²) in [6.45, 7) is 8.75. The summed E-state index contributed by atoms with van der Waals surface area (Å²) in [6, 6.07) is 12.5. The van der Waals surface area contributed by atoms with E-state index in [0.29, 0.717) is 12.1 Å². The lowest BCUT2D eigenvalue weighted by atomic mass is 10.0. The quantitative estimate of drug-likeness (QED) is 0.866. The second kappa shape index (κ2) is 8.36. The van der Waals surface area contributed by atoms with E-state index in [2.05, 4.69) is 40.3 Å². The lowest BCUT2D eigenvalue weighted by Gasteiger charge is -2.34. The van der Waals surface area contributed by atoms with Gasteiger partial charge in [0.15, 0.2) is 0 Å². The zero-order chi connectivity index (χ0) is 18.5. The molecule has 0 saturated carbocycles. The first-order valence-corrected chi connectivity index (χ1v) is 9.39. The van der Waals surface area contributed by atoms with E-state index in [4.69, 9.17) is 0 Å². The van der Waals surface area contributed by atoms with Crippen molar-refractivity contribution in [2.24, 2.45) is 0 Å². The summed E-state index contributed by atoms with van der Waals surface area (Å²) in [5.74, 6) is 0. The SMILES string of the molecule is Cc1cc(C)n(C[C@H](C)NC2CCN(C(=O)Nc3ccccc3)CC2)n1. The predicted octanol–water partition coefficient (Wildman–Crippen LogP) is 3.17. The smallest absolute Gasteiger partial charge is 0.321 e. The first kappa shape index (κ1) is 18.5. The number of aryl methyl sites for hydroxylation is 2. The van der Waals surface area contributed by atoms with Crippen LogP contribution in [0.2, 0.25) is 0 Å². The van der Waals surface area contributed by atoms with Gasteiger partial charge in [-0.25, -0.2) is 4.79 Å². The number of nitrogens with zero attached hydrogens (tertiary/aromatic N) is 3. The Morgan fingerprint density at radius 3 is 2.54 bits per heavy atom. The lowest BCUT2D eigenvalue weighted by molar-refractivity contribution is 0.185. The van der Waals surface area contributed by atoms with Crippen molar-refractivity contribution in [3.05, 3.63) is 47.8 Å². The van der Waals surface area contributed by atoms with Gasteiger partial charge in [0.25, 0.3) is 0 Å². The van der Waals surface area contributed by atoms with Crippen molar-refractivity contribution >= 4 is 11.7 Å². The molecule has 6 nitrogen and oxygen atoms in total. The average Bonchev–Trinajstić information content (AvgIpc) is 2.93. The topological polar surface area (TPSA) is 62.2 Å². The number of hydrogen-bond acceptors (Lipinski definition) is 3. The van der Waals surface area contributed by atoms with Gasteiger partial charge in [0.05, 0.1) is 12.2 Å². The maximum atomic E-state index is 12.4. The Bertz CT molecular complexity index is 719. The first-order valence-electron chi connectivity index (χ1n) is 9.39. The molecule has 0 spiro atoms. The maximum Gasteiger partial charge on any atom is 0.321 e. The minimum Gasteiger partial charge on any atom is -0.324 e. The van der Waals surface area contributed by atoms with Crippen LogP contribution < -0.4 is 10.6 Å². The van der Waals surface area contributed by atoms with Crippen molar-refractivity contribution in [1.82, 2.24) is 20.0 Å². The molecule has 1 fully saturated rings. The Hall–Kier alpha value is -2.34. The molecular weight excluding hydrogens is 326 g/mol. The van der Waals surface area contributed by atoms with Crippen LogP contribution in [0.4, 0.5) is 10.5 Å². The third-order valence-electron chi connectivity index (χ3n) is 4.88. The van der Waals surface area contributed by atoms with Gasteiger partial charge in [-0.2, -0.15) is 5.10 Å². The van der Waals surface area contributed by atoms with Crippen LogP contribution >= 0.6 is 0 Å². The van der Waals surface area contributed by atoms with Gasteiger partial charge in [-0.1, -0.05) is 18.2 Å². The fourth-order valence-corrected chi connectivity index (χ4v) is 3.55. The Morgan fingerprint density at radius 2 is 1.92 bits per heavy atom. The first-order chi connectivity index (χ1) is 12.5. The van der Waals surface area contributed by atoms with E-state index in [1.807, 2.05) is 42.2 Å². The number of anilines is 1. The highest BCUT2D eigenvalue weighted by molar-refractivity contribution is 5.89. The second-order valence-corrected chi connectivity index (χ2v) is 7.23. The Balaban J connectivity index is 1.43. The molecule has 140 valence electrons. The fraction of sp³-hybridized carbons (Fsp3) is 0.500. The normalized spacial score (nSPS) is 16.5. The van der Waals surface area contributed by atoms with E-state index in [-0.39, 0.29) is 6.03 Å². The van der Waals surface area contributed by atoms with Crippen LogP contribution in [0.25, 0.3) is 0 Å². The summed E-state index contributed by atoms with van der Waals surface area (Å²) < 4.78 is 2.06. The van der Waals surface area contributed by atoms with Crippen LogP contribution in [0.3, 0.4) is 0 Å². The number of para-hydroxylation sites is 1. The Morgan fingerprint density at radius 1 is 1.23 bits per heavy atom. The molecule has 2 N–H and O–H groups in total. The van der Waals surface area contributed by atoms with Crippen molar-refractivity contribution in [1.29, 1.82) is 0 Å². The molecule has 2 amide bonds. The zero-order valence-electron chi connectivity index (χ0n) is 15.9. The van der Waals surface area contributed by atoms with Crippen LogP contribution in [-0.4, -0.2) is 45.9 Å². The number of benzene rings is 1. The molecule has 1 aliphatic rings. The summed E-state index contributed by atoms with van der Waals surface area (Å²) in [5.41, 5.74) is 3.10. The third kappa shape index (κ3) is 4.85. The number of carbonyl (C=O) groups excluding carboxylic acids is 1. The summed E-state index contributed by atoms with van der Waals surface area (Å²) in [4.78, 5) is 14.3. The number of rotatable bonds is 5. The molecular formula is C20H29N5O. The highest BCUT2D eigenvalue weighted by atomic mass is 16.2. The fourth-order valence-electron chi connectivity index (χ4n) is 3.55. The molecule has 0 aliphatic carbocycles. The molecule has 2 heterocycles. The number of hydrogen-bond donors (Lipinski definition) is 2. The summed E-state index contributed by atoms with van der Waals surface area (Å²) >= 11 is 0. The molecule has 0 radical (unpaired) electrons. The predicted molar refractivity (Wildman–Crippen MR) is 104 cm³/mol. The zero-order valence-corrected chi connectivity index (χ0v) is 15.9. The van der Waals surface area contributed by atoms with E-state index in [0.717, 1.165) is 43.9 Å². The molecule has 1 saturated heterocycles. The van der Waals surface area contributed by atoms with Crippen LogP contribution in [-0.2, 0) is 6.54 Å². The van der Waals surface area contributed by atoms with Crippen molar-refractivity contribution in [2.45, 2.75) is 52.2 Å².